The van der Waals surface area contributed by atoms with E-state index in [1.54, 1.807) is 12.1 Å². The number of benzene rings is 2. The first-order chi connectivity index (χ1) is 10.3. The van der Waals surface area contributed by atoms with Gasteiger partial charge >= 0.3 is 0 Å². The number of hydrogen-bond acceptors (Lipinski definition) is 1. The lowest BCUT2D eigenvalue weighted by Crippen LogP contribution is -2.02. The van der Waals surface area contributed by atoms with E-state index in [1.807, 2.05) is 30.3 Å². The van der Waals surface area contributed by atoms with Crippen molar-refractivity contribution in [1.82, 2.24) is 9.55 Å². The Labute approximate surface area is 131 Å². The molecule has 0 saturated carbocycles. The maximum absolute atomic E-state index is 14.1. The lowest BCUT2D eigenvalue weighted by atomic mass is 10.2. The summed E-state index contributed by atoms with van der Waals surface area (Å²) in [6.07, 6.45) is 2.12. The summed E-state index contributed by atoms with van der Waals surface area (Å²) in [6, 6.07) is 14.8. The number of aryl methyl sites for hydroxylation is 1. The Morgan fingerprint density at radius 2 is 1.76 bits per heavy atom. The van der Waals surface area contributed by atoms with Crippen molar-refractivity contribution < 1.29 is 4.39 Å². The molecule has 21 heavy (non-hydrogen) atoms. The van der Waals surface area contributed by atoms with Crippen molar-refractivity contribution in [3.05, 3.63) is 54.3 Å². The predicted molar refractivity (Wildman–Crippen MR) is 88.2 cm³/mol. The van der Waals surface area contributed by atoms with Crippen LogP contribution in [0.2, 0.25) is 0 Å². The van der Waals surface area contributed by atoms with E-state index in [4.69, 9.17) is 0 Å². The van der Waals surface area contributed by atoms with Gasteiger partial charge in [0.15, 0.2) is 0 Å². The molecule has 0 unspecified atom stereocenters. The van der Waals surface area contributed by atoms with Gasteiger partial charge in [-0.05, 0) is 37.1 Å². The number of halogens is 2. The molecule has 4 heteroatoms. The van der Waals surface area contributed by atoms with E-state index in [1.165, 1.54) is 6.07 Å². The summed E-state index contributed by atoms with van der Waals surface area (Å²) in [7, 11) is 0. The van der Waals surface area contributed by atoms with E-state index in [0.29, 0.717) is 11.4 Å². The van der Waals surface area contributed by atoms with Gasteiger partial charge in [0.2, 0.25) is 0 Å². The molecule has 1 aromatic heterocycles. The fourth-order valence-corrected chi connectivity index (χ4v) is 2.91. The molecule has 0 atom stereocenters. The normalized spacial score (nSPS) is 11.1. The first-order valence-corrected chi connectivity index (χ1v) is 8.19. The maximum atomic E-state index is 14.1. The second kappa shape index (κ2) is 6.39. The number of aromatic nitrogens is 2. The number of nitrogens with zero attached hydrogens (tertiary/aromatic N) is 2. The summed E-state index contributed by atoms with van der Waals surface area (Å²) < 4.78 is 16.2. The van der Waals surface area contributed by atoms with Crippen LogP contribution >= 0.6 is 15.9 Å². The van der Waals surface area contributed by atoms with Gasteiger partial charge < -0.3 is 4.57 Å². The van der Waals surface area contributed by atoms with Crippen LogP contribution in [0, 0.1) is 5.82 Å². The second-order valence-electron chi connectivity index (χ2n) is 4.95. The molecular formula is C17H16BrFN2. The highest BCUT2D eigenvalue weighted by Crippen LogP contribution is 2.27. The van der Waals surface area contributed by atoms with Crippen LogP contribution in [-0.2, 0) is 6.54 Å². The van der Waals surface area contributed by atoms with E-state index < -0.39 is 0 Å². The average molecular weight is 347 g/mol. The van der Waals surface area contributed by atoms with Gasteiger partial charge in [-0.15, -0.1) is 0 Å². The molecule has 0 radical (unpaired) electrons. The Kier molecular flexibility index (Phi) is 4.34. The Hall–Kier alpha value is -1.68. The lowest BCUT2D eigenvalue weighted by molar-refractivity contribution is 0.621. The first-order valence-electron chi connectivity index (χ1n) is 7.07. The van der Waals surface area contributed by atoms with Crippen LogP contribution in [0.1, 0.15) is 12.8 Å². The molecule has 3 rings (SSSR count). The van der Waals surface area contributed by atoms with E-state index >= 15 is 0 Å². The van der Waals surface area contributed by atoms with Crippen LogP contribution in [0.5, 0.6) is 0 Å². The largest absolute Gasteiger partial charge is 0.324 e. The van der Waals surface area contributed by atoms with Crippen molar-refractivity contribution in [2.24, 2.45) is 0 Å². The van der Waals surface area contributed by atoms with Crippen molar-refractivity contribution in [3.63, 3.8) is 0 Å². The Morgan fingerprint density at radius 1 is 1.00 bits per heavy atom. The minimum absolute atomic E-state index is 0.227. The fraction of sp³-hybridized carbons (Fsp3) is 0.235. The van der Waals surface area contributed by atoms with Gasteiger partial charge in [0.25, 0.3) is 0 Å². The highest BCUT2D eigenvalue weighted by atomic mass is 79.9. The summed E-state index contributed by atoms with van der Waals surface area (Å²) >= 11 is 3.45. The van der Waals surface area contributed by atoms with E-state index in [0.717, 1.165) is 35.7 Å². The molecule has 3 aromatic rings. The molecule has 1 heterocycles. The highest BCUT2D eigenvalue weighted by molar-refractivity contribution is 9.09. The predicted octanol–water partition coefficient (Wildman–Crippen LogP) is 5.02. The number of hydrogen-bond donors (Lipinski definition) is 0. The second-order valence-corrected chi connectivity index (χ2v) is 5.74. The minimum Gasteiger partial charge on any atom is -0.324 e. The molecule has 2 aromatic carbocycles. The minimum atomic E-state index is -0.227. The maximum Gasteiger partial charge on any atom is 0.144 e. The van der Waals surface area contributed by atoms with E-state index in [2.05, 4.69) is 25.5 Å². The Morgan fingerprint density at radius 3 is 2.57 bits per heavy atom. The summed E-state index contributed by atoms with van der Waals surface area (Å²) in [6.45, 7) is 0.843. The van der Waals surface area contributed by atoms with Gasteiger partial charge in [-0.1, -0.05) is 40.2 Å². The molecule has 108 valence electrons. The van der Waals surface area contributed by atoms with Crippen molar-refractivity contribution in [3.8, 4) is 11.4 Å². The smallest absolute Gasteiger partial charge is 0.144 e. The zero-order chi connectivity index (χ0) is 14.7. The quantitative estimate of drug-likeness (QED) is 0.468. The Bertz CT molecular complexity index is 751. The molecule has 2 nitrogen and oxygen atoms in total. The van der Waals surface area contributed by atoms with Gasteiger partial charge in [0.05, 0.1) is 16.6 Å². The van der Waals surface area contributed by atoms with Gasteiger partial charge in [-0.3, -0.25) is 0 Å². The van der Waals surface area contributed by atoms with Crippen molar-refractivity contribution >= 4 is 27.0 Å². The lowest BCUT2D eigenvalue weighted by Gasteiger charge is -2.09. The molecule has 0 N–H and O–H groups in total. The molecular weight excluding hydrogens is 331 g/mol. The summed E-state index contributed by atoms with van der Waals surface area (Å²) in [5.74, 6) is 0.485. The first kappa shape index (κ1) is 14.3. The van der Waals surface area contributed by atoms with Gasteiger partial charge in [0, 0.05) is 11.9 Å². The summed E-state index contributed by atoms with van der Waals surface area (Å²) in [5.41, 5.74) is 2.53. The van der Waals surface area contributed by atoms with Crippen LogP contribution in [0.4, 0.5) is 4.39 Å². The SMILES string of the molecule is Fc1ccccc1-c1nc2ccccc2n1CCCCBr. The summed E-state index contributed by atoms with van der Waals surface area (Å²) in [4.78, 5) is 4.63. The third-order valence-electron chi connectivity index (χ3n) is 3.53. The third kappa shape index (κ3) is 2.86. The van der Waals surface area contributed by atoms with Crippen molar-refractivity contribution in [2.45, 2.75) is 19.4 Å². The molecule has 0 bridgehead atoms. The number of unbranched alkanes of at least 4 members (excludes halogenated alkanes) is 1. The molecule has 0 aliphatic heterocycles. The van der Waals surface area contributed by atoms with Crippen LogP contribution in [0.3, 0.4) is 0 Å². The van der Waals surface area contributed by atoms with Gasteiger partial charge in [0.1, 0.15) is 11.6 Å². The molecule has 0 fully saturated rings. The zero-order valence-corrected chi connectivity index (χ0v) is 13.2. The zero-order valence-electron chi connectivity index (χ0n) is 11.6. The van der Waals surface area contributed by atoms with Crippen LogP contribution in [0.25, 0.3) is 22.4 Å². The standard InChI is InChI=1S/C17H16BrFN2/c18-11-5-6-12-21-16-10-4-3-9-15(16)20-17(21)13-7-1-2-8-14(13)19/h1-4,7-10H,5-6,11-12H2. The molecule has 0 aliphatic carbocycles. The van der Waals surface area contributed by atoms with Crippen molar-refractivity contribution in [1.29, 1.82) is 0 Å². The number of para-hydroxylation sites is 2. The number of rotatable bonds is 5. The monoisotopic (exact) mass is 346 g/mol. The van der Waals surface area contributed by atoms with Crippen LogP contribution in [-0.4, -0.2) is 14.9 Å². The average Bonchev–Trinajstić information content (AvgIpc) is 2.87. The van der Waals surface area contributed by atoms with Gasteiger partial charge in [-0.25, -0.2) is 9.37 Å². The fourth-order valence-electron chi connectivity index (χ4n) is 2.51. The Balaban J connectivity index is 2.12. The van der Waals surface area contributed by atoms with E-state index in [9.17, 15) is 4.39 Å². The number of fused-ring (bicyclic) bond motifs is 1. The topological polar surface area (TPSA) is 17.8 Å². The molecule has 0 saturated heterocycles. The van der Waals surface area contributed by atoms with Crippen LogP contribution < -0.4 is 0 Å². The summed E-state index contributed by atoms with van der Waals surface area (Å²) in [5, 5.41) is 0.981. The third-order valence-corrected chi connectivity index (χ3v) is 4.10. The molecule has 0 spiro atoms. The van der Waals surface area contributed by atoms with Crippen LogP contribution in [0.15, 0.2) is 48.5 Å². The molecule has 0 aliphatic rings. The molecule has 0 amide bonds. The number of imidazole rings is 1. The highest BCUT2D eigenvalue weighted by Gasteiger charge is 2.14. The van der Waals surface area contributed by atoms with Gasteiger partial charge in [-0.2, -0.15) is 0 Å². The van der Waals surface area contributed by atoms with E-state index in [-0.39, 0.29) is 5.82 Å². The number of alkyl halides is 1. The van der Waals surface area contributed by atoms with Crippen molar-refractivity contribution in [2.75, 3.05) is 5.33 Å².